The number of nitrogens with zero attached hydrogens (tertiary/aromatic N) is 1. The maximum absolute atomic E-state index is 12.1. The van der Waals surface area contributed by atoms with Crippen molar-refractivity contribution in [2.45, 2.75) is 78.9 Å². The van der Waals surface area contributed by atoms with Crippen LogP contribution in [0.3, 0.4) is 0 Å². The zero-order valence-electron chi connectivity index (χ0n) is 14.3. The molecule has 4 heteroatoms. The van der Waals surface area contributed by atoms with E-state index in [4.69, 9.17) is 4.74 Å². The first kappa shape index (κ1) is 19.2. The summed E-state index contributed by atoms with van der Waals surface area (Å²) in [5.74, 6) is 0. The number of ether oxygens (including phenoxy) is 1. The summed E-state index contributed by atoms with van der Waals surface area (Å²) in [5, 5.41) is 3.47. The predicted molar refractivity (Wildman–Crippen MR) is 85.1 cm³/mol. The molecule has 1 atom stereocenters. The lowest BCUT2D eigenvalue weighted by Gasteiger charge is -2.27. The molecule has 0 aromatic rings. The number of hydrogen-bond acceptors (Lipinski definition) is 3. The average molecular weight is 286 g/mol. The molecule has 0 radical (unpaired) electrons. The quantitative estimate of drug-likeness (QED) is 0.701. The van der Waals surface area contributed by atoms with Crippen molar-refractivity contribution in [3.63, 3.8) is 0 Å². The summed E-state index contributed by atoms with van der Waals surface area (Å²) in [7, 11) is 0. The number of unbranched alkanes of at least 4 members (excludes halogenated alkanes) is 1. The van der Waals surface area contributed by atoms with Gasteiger partial charge < -0.3 is 15.0 Å². The molecule has 1 N–H and O–H groups in total. The molecule has 0 fully saturated rings. The van der Waals surface area contributed by atoms with E-state index >= 15 is 0 Å². The van der Waals surface area contributed by atoms with Gasteiger partial charge in [0, 0.05) is 25.7 Å². The third kappa shape index (κ3) is 10.1. The van der Waals surface area contributed by atoms with E-state index in [9.17, 15) is 4.79 Å². The molecule has 1 amide bonds. The molecule has 4 nitrogen and oxygen atoms in total. The van der Waals surface area contributed by atoms with Crippen LogP contribution in [0.5, 0.6) is 0 Å². The third-order valence-corrected chi connectivity index (χ3v) is 3.01. The van der Waals surface area contributed by atoms with Crippen molar-refractivity contribution in [3.8, 4) is 0 Å². The molecule has 0 rings (SSSR count). The van der Waals surface area contributed by atoms with Gasteiger partial charge in [-0.2, -0.15) is 0 Å². The number of carbonyl (C=O) groups is 1. The van der Waals surface area contributed by atoms with Crippen LogP contribution in [0.1, 0.15) is 67.2 Å². The maximum atomic E-state index is 12.1. The number of rotatable bonds is 9. The van der Waals surface area contributed by atoms with Gasteiger partial charge in [0.15, 0.2) is 0 Å². The van der Waals surface area contributed by atoms with Crippen LogP contribution in [0.4, 0.5) is 4.79 Å². The fourth-order valence-corrected chi connectivity index (χ4v) is 1.95. The molecule has 0 spiro atoms. The Kier molecular flexibility index (Phi) is 9.64. The second kappa shape index (κ2) is 10.0. The van der Waals surface area contributed by atoms with E-state index < -0.39 is 5.60 Å². The lowest BCUT2D eigenvalue weighted by Crippen LogP contribution is -2.42. The van der Waals surface area contributed by atoms with Crippen LogP contribution in [-0.2, 0) is 4.74 Å². The molecular formula is C16H34N2O2. The van der Waals surface area contributed by atoms with Gasteiger partial charge in [-0.05, 0) is 40.5 Å². The molecule has 0 heterocycles. The topological polar surface area (TPSA) is 41.6 Å². The van der Waals surface area contributed by atoms with Gasteiger partial charge in [0.05, 0.1) is 0 Å². The Labute approximate surface area is 125 Å². The van der Waals surface area contributed by atoms with E-state index in [-0.39, 0.29) is 6.09 Å². The predicted octanol–water partition coefficient (Wildman–Crippen LogP) is 3.80. The van der Waals surface area contributed by atoms with Gasteiger partial charge in [-0.15, -0.1) is 0 Å². The minimum atomic E-state index is -0.426. The summed E-state index contributed by atoms with van der Waals surface area (Å²) in [6.45, 7) is 14.5. The zero-order valence-corrected chi connectivity index (χ0v) is 14.3. The van der Waals surface area contributed by atoms with Crippen LogP contribution < -0.4 is 5.32 Å². The van der Waals surface area contributed by atoms with Gasteiger partial charge >= 0.3 is 6.09 Å². The van der Waals surface area contributed by atoms with Crippen LogP contribution in [0, 0.1) is 0 Å². The normalized spacial score (nSPS) is 13.1. The van der Waals surface area contributed by atoms with Crippen LogP contribution in [0.2, 0.25) is 0 Å². The van der Waals surface area contributed by atoms with Gasteiger partial charge in [-0.3, -0.25) is 0 Å². The lowest BCUT2D eigenvalue weighted by molar-refractivity contribution is 0.0250. The van der Waals surface area contributed by atoms with Crippen molar-refractivity contribution in [2.24, 2.45) is 0 Å². The molecule has 120 valence electrons. The smallest absolute Gasteiger partial charge is 0.410 e. The van der Waals surface area contributed by atoms with Gasteiger partial charge in [0.2, 0.25) is 0 Å². The van der Waals surface area contributed by atoms with Gasteiger partial charge in [0.25, 0.3) is 0 Å². The van der Waals surface area contributed by atoms with Crippen molar-refractivity contribution < 1.29 is 9.53 Å². The van der Waals surface area contributed by atoms with E-state index in [1.54, 1.807) is 4.90 Å². The van der Waals surface area contributed by atoms with Crippen molar-refractivity contribution in [2.75, 3.05) is 19.6 Å². The number of hydrogen-bond donors (Lipinski definition) is 1. The summed E-state index contributed by atoms with van der Waals surface area (Å²) >= 11 is 0. The van der Waals surface area contributed by atoms with Crippen LogP contribution in [-0.4, -0.2) is 42.3 Å². The Morgan fingerprint density at radius 2 is 1.85 bits per heavy atom. The molecule has 0 aliphatic rings. The molecule has 0 saturated carbocycles. The Morgan fingerprint density at radius 3 is 2.35 bits per heavy atom. The number of amides is 1. The monoisotopic (exact) mass is 286 g/mol. The van der Waals surface area contributed by atoms with E-state index in [1.807, 2.05) is 20.8 Å². The van der Waals surface area contributed by atoms with E-state index in [1.165, 1.54) is 19.3 Å². The second-order valence-electron chi connectivity index (χ2n) is 6.46. The largest absolute Gasteiger partial charge is 0.444 e. The Balaban J connectivity index is 4.11. The second-order valence-corrected chi connectivity index (χ2v) is 6.46. The highest BCUT2D eigenvalue weighted by molar-refractivity contribution is 5.68. The molecular weight excluding hydrogens is 252 g/mol. The first-order valence-electron chi connectivity index (χ1n) is 8.01. The molecule has 0 bridgehead atoms. The van der Waals surface area contributed by atoms with Crippen LogP contribution >= 0.6 is 0 Å². The van der Waals surface area contributed by atoms with Crippen LogP contribution in [0.15, 0.2) is 0 Å². The molecule has 0 aliphatic carbocycles. The lowest BCUT2D eigenvalue weighted by atomic mass is 10.1. The van der Waals surface area contributed by atoms with E-state index in [0.717, 1.165) is 19.5 Å². The van der Waals surface area contributed by atoms with Gasteiger partial charge in [0.1, 0.15) is 5.60 Å². The van der Waals surface area contributed by atoms with Gasteiger partial charge in [-0.25, -0.2) is 4.79 Å². The summed E-state index contributed by atoms with van der Waals surface area (Å²) in [5.41, 5.74) is -0.426. The minimum Gasteiger partial charge on any atom is -0.444 e. The number of nitrogens with one attached hydrogen (secondary N) is 1. The fraction of sp³-hybridized carbons (Fsp3) is 0.938. The molecule has 0 aromatic carbocycles. The zero-order chi connectivity index (χ0) is 15.6. The van der Waals surface area contributed by atoms with Crippen molar-refractivity contribution in [1.82, 2.24) is 10.2 Å². The Morgan fingerprint density at radius 1 is 1.20 bits per heavy atom. The molecule has 0 saturated heterocycles. The van der Waals surface area contributed by atoms with E-state index in [2.05, 4.69) is 26.1 Å². The van der Waals surface area contributed by atoms with Crippen molar-refractivity contribution >= 4 is 6.09 Å². The fourth-order valence-electron chi connectivity index (χ4n) is 1.95. The Bertz CT molecular complexity index is 262. The standard InChI is InChI=1S/C16H34N2O2/c1-7-9-10-14(3)17-11-13-18(12-8-2)15(19)20-16(4,5)6/h14,17H,7-13H2,1-6H3. The summed E-state index contributed by atoms with van der Waals surface area (Å²) in [4.78, 5) is 13.9. The summed E-state index contributed by atoms with van der Waals surface area (Å²) in [6.07, 6.45) is 4.41. The highest BCUT2D eigenvalue weighted by Crippen LogP contribution is 2.10. The number of carbonyl (C=O) groups excluding carboxylic acids is 1. The van der Waals surface area contributed by atoms with Crippen molar-refractivity contribution in [1.29, 1.82) is 0 Å². The third-order valence-electron chi connectivity index (χ3n) is 3.01. The summed E-state index contributed by atoms with van der Waals surface area (Å²) < 4.78 is 5.43. The van der Waals surface area contributed by atoms with Gasteiger partial charge in [-0.1, -0.05) is 26.7 Å². The first-order valence-corrected chi connectivity index (χ1v) is 8.01. The maximum Gasteiger partial charge on any atom is 0.410 e. The Hall–Kier alpha value is -0.770. The SMILES string of the molecule is CCCCC(C)NCCN(CCC)C(=O)OC(C)(C)C. The molecule has 0 aromatic heterocycles. The highest BCUT2D eigenvalue weighted by atomic mass is 16.6. The molecule has 0 aliphatic heterocycles. The molecule has 1 unspecified atom stereocenters. The highest BCUT2D eigenvalue weighted by Gasteiger charge is 2.21. The first-order chi connectivity index (χ1) is 9.30. The van der Waals surface area contributed by atoms with Crippen molar-refractivity contribution in [3.05, 3.63) is 0 Å². The minimum absolute atomic E-state index is 0.206. The van der Waals surface area contributed by atoms with E-state index in [0.29, 0.717) is 12.6 Å². The molecule has 20 heavy (non-hydrogen) atoms. The summed E-state index contributed by atoms with van der Waals surface area (Å²) in [6, 6.07) is 0.511. The average Bonchev–Trinajstić information content (AvgIpc) is 2.33. The van der Waals surface area contributed by atoms with Crippen LogP contribution in [0.25, 0.3) is 0 Å².